The van der Waals surface area contributed by atoms with E-state index in [0.717, 1.165) is 24.2 Å². The van der Waals surface area contributed by atoms with E-state index in [1.165, 1.54) is 7.11 Å². The van der Waals surface area contributed by atoms with Gasteiger partial charge in [0.1, 0.15) is 6.10 Å². The molecule has 0 spiro atoms. The molecule has 1 aromatic rings. The first-order valence-corrected chi connectivity index (χ1v) is 5.91. The van der Waals surface area contributed by atoms with Crippen LogP contribution in [0.2, 0.25) is 0 Å². The fourth-order valence-electron chi connectivity index (χ4n) is 2.10. The maximum atomic E-state index is 11.0. The lowest BCUT2D eigenvalue weighted by Gasteiger charge is -2.17. The Morgan fingerprint density at radius 3 is 3.00 bits per heavy atom. The van der Waals surface area contributed by atoms with Gasteiger partial charge in [0.2, 0.25) is 0 Å². The molecule has 2 unspecified atom stereocenters. The number of nitrogens with one attached hydrogen (secondary N) is 1. The highest BCUT2D eigenvalue weighted by Crippen LogP contribution is 2.27. The number of hydrogen-bond acceptors (Lipinski definition) is 5. The van der Waals surface area contributed by atoms with E-state index in [-0.39, 0.29) is 6.42 Å². The predicted octanol–water partition coefficient (Wildman–Crippen LogP) is 0.612. The van der Waals surface area contributed by atoms with E-state index < -0.39 is 18.2 Å². The Hall–Kier alpha value is -1.59. The van der Waals surface area contributed by atoms with Crippen molar-refractivity contribution in [2.75, 3.05) is 19.0 Å². The largest absolute Gasteiger partial charge is 0.469 e. The Balaban J connectivity index is 2.08. The van der Waals surface area contributed by atoms with Gasteiger partial charge in [-0.2, -0.15) is 0 Å². The number of carbonyl (C=O) groups excluding carboxylic acids is 1. The maximum absolute atomic E-state index is 11.0. The molecule has 0 aliphatic carbocycles. The van der Waals surface area contributed by atoms with Gasteiger partial charge < -0.3 is 20.3 Å². The van der Waals surface area contributed by atoms with E-state index in [1.54, 1.807) is 6.07 Å². The molecule has 18 heavy (non-hydrogen) atoms. The summed E-state index contributed by atoms with van der Waals surface area (Å²) in [5.74, 6) is -0.538. The summed E-state index contributed by atoms with van der Waals surface area (Å²) < 4.78 is 4.46. The first-order valence-electron chi connectivity index (χ1n) is 5.91. The third-order valence-corrected chi connectivity index (χ3v) is 3.15. The predicted molar refractivity (Wildman–Crippen MR) is 66.2 cm³/mol. The summed E-state index contributed by atoms with van der Waals surface area (Å²) in [6, 6.07) is 5.49. The number of aliphatic hydroxyl groups excluding tert-OH is 2. The van der Waals surface area contributed by atoms with Crippen molar-refractivity contribution < 1.29 is 19.7 Å². The standard InChI is InChI=1S/C13H17NO4/c1-18-12(16)7-11(15)13(17)9-2-3-10-8(6-9)4-5-14-10/h2-3,6,11,13-15,17H,4-5,7H2,1H3. The van der Waals surface area contributed by atoms with Crippen molar-refractivity contribution in [3.63, 3.8) is 0 Å². The Morgan fingerprint density at radius 1 is 1.50 bits per heavy atom. The van der Waals surface area contributed by atoms with Gasteiger partial charge in [-0.1, -0.05) is 12.1 Å². The van der Waals surface area contributed by atoms with E-state index in [2.05, 4.69) is 10.1 Å². The van der Waals surface area contributed by atoms with Gasteiger partial charge in [-0.25, -0.2) is 0 Å². The molecule has 0 amide bonds. The third-order valence-electron chi connectivity index (χ3n) is 3.15. The molecule has 5 nitrogen and oxygen atoms in total. The van der Waals surface area contributed by atoms with Crippen LogP contribution in [-0.4, -0.2) is 35.9 Å². The number of carbonyl (C=O) groups is 1. The van der Waals surface area contributed by atoms with Crippen LogP contribution in [-0.2, 0) is 16.0 Å². The molecule has 0 saturated heterocycles. The van der Waals surface area contributed by atoms with Crippen molar-refractivity contribution in [3.05, 3.63) is 29.3 Å². The number of anilines is 1. The zero-order chi connectivity index (χ0) is 13.1. The summed E-state index contributed by atoms with van der Waals surface area (Å²) >= 11 is 0. The van der Waals surface area contributed by atoms with Gasteiger partial charge in [0.05, 0.1) is 19.6 Å². The lowest BCUT2D eigenvalue weighted by atomic mass is 9.99. The van der Waals surface area contributed by atoms with Crippen LogP contribution in [0.1, 0.15) is 23.7 Å². The van der Waals surface area contributed by atoms with E-state index in [9.17, 15) is 15.0 Å². The highest BCUT2D eigenvalue weighted by Gasteiger charge is 2.23. The van der Waals surface area contributed by atoms with E-state index in [4.69, 9.17) is 0 Å². The van der Waals surface area contributed by atoms with Crippen LogP contribution in [0.4, 0.5) is 5.69 Å². The number of rotatable bonds is 4. The van der Waals surface area contributed by atoms with Gasteiger partial charge in [0, 0.05) is 12.2 Å². The smallest absolute Gasteiger partial charge is 0.308 e. The van der Waals surface area contributed by atoms with Crippen molar-refractivity contribution in [1.82, 2.24) is 0 Å². The van der Waals surface area contributed by atoms with E-state index >= 15 is 0 Å². The number of hydrogen-bond donors (Lipinski definition) is 3. The molecule has 5 heteroatoms. The highest BCUT2D eigenvalue weighted by molar-refractivity contribution is 5.69. The van der Waals surface area contributed by atoms with Gasteiger partial charge in [-0.05, 0) is 23.6 Å². The number of esters is 1. The van der Waals surface area contributed by atoms with Gasteiger partial charge in [-0.3, -0.25) is 4.79 Å². The van der Waals surface area contributed by atoms with Crippen LogP contribution in [0.25, 0.3) is 0 Å². The molecule has 0 saturated carbocycles. The third kappa shape index (κ3) is 2.63. The Labute approximate surface area is 105 Å². The zero-order valence-electron chi connectivity index (χ0n) is 10.2. The van der Waals surface area contributed by atoms with Gasteiger partial charge in [0.15, 0.2) is 0 Å². The number of methoxy groups -OCH3 is 1. The lowest BCUT2D eigenvalue weighted by molar-refractivity contribution is -0.144. The van der Waals surface area contributed by atoms with Crippen LogP contribution in [0.15, 0.2) is 18.2 Å². The molecular formula is C13H17NO4. The molecule has 1 aromatic carbocycles. The quantitative estimate of drug-likeness (QED) is 0.683. The zero-order valence-corrected chi connectivity index (χ0v) is 10.2. The van der Waals surface area contributed by atoms with Gasteiger partial charge in [0.25, 0.3) is 0 Å². The summed E-state index contributed by atoms with van der Waals surface area (Å²) in [4.78, 5) is 11.0. The minimum atomic E-state index is -1.15. The highest BCUT2D eigenvalue weighted by atomic mass is 16.5. The number of benzene rings is 1. The molecule has 0 bridgehead atoms. The molecule has 2 atom stereocenters. The molecule has 1 aliphatic heterocycles. The Morgan fingerprint density at radius 2 is 2.28 bits per heavy atom. The summed E-state index contributed by atoms with van der Waals surface area (Å²) in [6.07, 6.45) is -1.53. The van der Waals surface area contributed by atoms with Crippen molar-refractivity contribution in [2.24, 2.45) is 0 Å². The fraction of sp³-hybridized carbons (Fsp3) is 0.462. The number of fused-ring (bicyclic) bond motifs is 1. The SMILES string of the molecule is COC(=O)CC(O)C(O)c1ccc2c(c1)CCN2. The first-order chi connectivity index (χ1) is 8.61. The Bertz CT molecular complexity index is 447. The molecule has 0 aromatic heterocycles. The first kappa shape index (κ1) is 12.9. The minimum absolute atomic E-state index is 0.215. The van der Waals surface area contributed by atoms with Crippen molar-refractivity contribution in [3.8, 4) is 0 Å². The normalized spacial score (nSPS) is 16.6. The molecule has 1 aliphatic rings. The topological polar surface area (TPSA) is 78.8 Å². The lowest BCUT2D eigenvalue weighted by Crippen LogP contribution is -2.22. The average Bonchev–Trinajstić information content (AvgIpc) is 2.84. The van der Waals surface area contributed by atoms with E-state index in [1.807, 2.05) is 12.1 Å². The van der Waals surface area contributed by atoms with Crippen LogP contribution < -0.4 is 5.32 Å². The molecule has 1 heterocycles. The summed E-state index contributed by atoms with van der Waals surface area (Å²) in [5.41, 5.74) is 2.80. The van der Waals surface area contributed by atoms with Gasteiger partial charge in [-0.15, -0.1) is 0 Å². The second-order valence-corrected chi connectivity index (χ2v) is 4.39. The van der Waals surface area contributed by atoms with E-state index in [0.29, 0.717) is 5.56 Å². The second-order valence-electron chi connectivity index (χ2n) is 4.39. The van der Waals surface area contributed by atoms with Crippen LogP contribution in [0.3, 0.4) is 0 Å². The van der Waals surface area contributed by atoms with Crippen LogP contribution in [0, 0.1) is 0 Å². The average molecular weight is 251 g/mol. The summed E-state index contributed by atoms with van der Waals surface area (Å²) in [7, 11) is 1.25. The van der Waals surface area contributed by atoms with Crippen molar-refractivity contribution in [1.29, 1.82) is 0 Å². The molecular weight excluding hydrogens is 234 g/mol. The molecule has 0 radical (unpaired) electrons. The van der Waals surface area contributed by atoms with Crippen LogP contribution >= 0.6 is 0 Å². The fourth-order valence-corrected chi connectivity index (χ4v) is 2.10. The van der Waals surface area contributed by atoms with Crippen molar-refractivity contribution >= 4 is 11.7 Å². The van der Waals surface area contributed by atoms with Crippen LogP contribution in [0.5, 0.6) is 0 Å². The maximum Gasteiger partial charge on any atom is 0.308 e. The van der Waals surface area contributed by atoms with Gasteiger partial charge >= 0.3 is 5.97 Å². The second kappa shape index (κ2) is 5.37. The molecule has 3 N–H and O–H groups in total. The Kier molecular flexibility index (Phi) is 3.84. The number of aliphatic hydroxyl groups is 2. The van der Waals surface area contributed by atoms with Crippen molar-refractivity contribution in [2.45, 2.75) is 25.0 Å². The molecule has 0 fully saturated rings. The molecule has 98 valence electrons. The number of ether oxygens (including phenoxy) is 1. The monoisotopic (exact) mass is 251 g/mol. The summed E-state index contributed by atoms with van der Waals surface area (Å²) in [6.45, 7) is 0.888. The minimum Gasteiger partial charge on any atom is -0.469 e. The summed E-state index contributed by atoms with van der Waals surface area (Å²) in [5, 5.41) is 23.0. The molecule has 2 rings (SSSR count).